The van der Waals surface area contributed by atoms with E-state index in [4.69, 9.17) is 48.8 Å². The summed E-state index contributed by atoms with van der Waals surface area (Å²) in [5.41, 5.74) is 0.723. The number of rotatable bonds is 8. The van der Waals surface area contributed by atoms with Crippen molar-refractivity contribution in [1.29, 1.82) is 0 Å². The van der Waals surface area contributed by atoms with Crippen LogP contribution in [-0.2, 0) is 25.7 Å². The number of hydrogen-bond acceptors (Lipinski definition) is 8. The fourth-order valence-corrected chi connectivity index (χ4v) is 3.06. The minimum Gasteiger partial charge on any atom is -0.473 e. The maximum Gasteiger partial charge on any atom is 0.414 e. The minimum absolute atomic E-state index is 0.0412. The molecule has 0 spiro atoms. The number of aliphatic carboxylic acids is 4. The number of carbonyl (C=O) groups is 4. The van der Waals surface area contributed by atoms with Gasteiger partial charge in [0.25, 0.3) is 0 Å². The van der Waals surface area contributed by atoms with Gasteiger partial charge in [-0.2, -0.15) is 8.78 Å². The Balaban J connectivity index is 0.000000503. The Bertz CT molecular complexity index is 1170. The van der Waals surface area contributed by atoms with Gasteiger partial charge in [0.05, 0.1) is 12.3 Å². The quantitative estimate of drug-likeness (QED) is 0.263. The maximum atomic E-state index is 12.8. The summed E-state index contributed by atoms with van der Waals surface area (Å²) in [6, 6.07) is 14.9. The minimum atomic E-state index is -2.85. The van der Waals surface area contributed by atoms with E-state index in [2.05, 4.69) is 5.32 Å². The average Bonchev–Trinajstić information content (AvgIpc) is 3.37. The molecule has 0 aliphatic rings. The van der Waals surface area contributed by atoms with Gasteiger partial charge in [0, 0.05) is 18.7 Å². The van der Waals surface area contributed by atoms with E-state index in [0.29, 0.717) is 13.1 Å². The largest absolute Gasteiger partial charge is 0.473 e. The standard InChI is InChI=1S/C20H22F2N2O2.2C2H2O4/c1-24(2)17(19-8-5-11-25-19)13-23-12-16-15-7-4-3-6-14(15)9-10-18(16)26-20(21)22;2*3-1(4)2(5)6/h3-11,17,20,23H,12-13H2,1-2H3;2*(H,3,4)(H,5,6). The average molecular weight is 540 g/mol. The predicted octanol–water partition coefficient (Wildman–Crippen LogP) is 2.74. The number of carboxylic acid groups (broad SMARTS) is 4. The molecule has 0 fully saturated rings. The van der Waals surface area contributed by atoms with Crippen molar-refractivity contribution in [2.24, 2.45) is 0 Å². The molecule has 0 saturated heterocycles. The van der Waals surface area contributed by atoms with Gasteiger partial charge in [-0.3, -0.25) is 4.90 Å². The Morgan fingerprint density at radius 2 is 1.47 bits per heavy atom. The Kier molecular flexibility index (Phi) is 12.9. The van der Waals surface area contributed by atoms with Crippen LogP contribution in [0.2, 0.25) is 0 Å². The molecule has 0 saturated carbocycles. The van der Waals surface area contributed by atoms with Crippen molar-refractivity contribution in [3.63, 3.8) is 0 Å². The van der Waals surface area contributed by atoms with Crippen molar-refractivity contribution in [2.45, 2.75) is 19.2 Å². The fourth-order valence-electron chi connectivity index (χ4n) is 3.06. The van der Waals surface area contributed by atoms with Crippen LogP contribution in [0.5, 0.6) is 5.75 Å². The predicted molar refractivity (Wildman–Crippen MR) is 128 cm³/mol. The molecular formula is C24H26F2N2O10. The molecule has 0 aliphatic carbocycles. The summed E-state index contributed by atoms with van der Waals surface area (Å²) >= 11 is 0. The van der Waals surface area contributed by atoms with Crippen LogP contribution in [-0.4, -0.2) is 76.5 Å². The van der Waals surface area contributed by atoms with E-state index < -0.39 is 30.5 Å². The summed E-state index contributed by atoms with van der Waals surface area (Å²) in [6.07, 6.45) is 1.64. The van der Waals surface area contributed by atoms with Crippen molar-refractivity contribution in [3.8, 4) is 5.75 Å². The summed E-state index contributed by atoms with van der Waals surface area (Å²) in [7, 11) is 3.94. The van der Waals surface area contributed by atoms with Crippen LogP contribution >= 0.6 is 0 Å². The third-order valence-electron chi connectivity index (χ3n) is 4.71. The highest BCUT2D eigenvalue weighted by Crippen LogP contribution is 2.29. The van der Waals surface area contributed by atoms with E-state index >= 15 is 0 Å². The fraction of sp³-hybridized carbons (Fsp3) is 0.250. The van der Waals surface area contributed by atoms with Gasteiger partial charge >= 0.3 is 30.5 Å². The molecular weight excluding hydrogens is 514 g/mol. The molecule has 0 bridgehead atoms. The van der Waals surface area contributed by atoms with Crippen LogP contribution in [0.25, 0.3) is 10.8 Å². The van der Waals surface area contributed by atoms with Crippen LogP contribution in [0.3, 0.4) is 0 Å². The lowest BCUT2D eigenvalue weighted by Crippen LogP contribution is -2.30. The van der Waals surface area contributed by atoms with E-state index in [1.54, 1.807) is 18.4 Å². The number of ether oxygens (including phenoxy) is 1. The summed E-state index contributed by atoms with van der Waals surface area (Å²) in [4.78, 5) is 38.4. The monoisotopic (exact) mass is 540 g/mol. The molecule has 206 valence electrons. The van der Waals surface area contributed by atoms with Crippen LogP contribution < -0.4 is 10.1 Å². The highest BCUT2D eigenvalue weighted by atomic mass is 19.3. The first-order valence-electron chi connectivity index (χ1n) is 10.6. The Morgan fingerprint density at radius 3 is 1.95 bits per heavy atom. The van der Waals surface area contributed by atoms with Gasteiger partial charge in [-0.25, -0.2) is 19.2 Å². The van der Waals surface area contributed by atoms with Gasteiger partial charge in [0.2, 0.25) is 0 Å². The molecule has 1 heterocycles. The number of hydrogen-bond donors (Lipinski definition) is 5. The number of alkyl halides is 2. The van der Waals surface area contributed by atoms with Crippen molar-refractivity contribution < 1.29 is 57.5 Å². The Hall–Kier alpha value is -4.56. The molecule has 1 atom stereocenters. The van der Waals surface area contributed by atoms with Gasteiger partial charge < -0.3 is 34.9 Å². The van der Waals surface area contributed by atoms with Gasteiger partial charge in [-0.1, -0.05) is 30.3 Å². The summed E-state index contributed by atoms with van der Waals surface area (Å²) in [5.74, 6) is -6.25. The first-order chi connectivity index (χ1) is 17.8. The number of carboxylic acids is 4. The lowest BCUT2D eigenvalue weighted by molar-refractivity contribution is -0.159. The second-order valence-corrected chi connectivity index (χ2v) is 7.49. The van der Waals surface area contributed by atoms with Crippen LogP contribution in [0.15, 0.2) is 59.2 Å². The lowest BCUT2D eigenvalue weighted by Gasteiger charge is -2.23. The zero-order valence-corrected chi connectivity index (χ0v) is 20.2. The van der Waals surface area contributed by atoms with E-state index in [-0.39, 0.29) is 11.8 Å². The first kappa shape index (κ1) is 31.5. The van der Waals surface area contributed by atoms with Crippen molar-refractivity contribution >= 4 is 34.6 Å². The summed E-state index contributed by atoms with van der Waals surface area (Å²) < 4.78 is 35.8. The molecule has 0 radical (unpaired) electrons. The molecule has 1 unspecified atom stereocenters. The van der Waals surface area contributed by atoms with Crippen molar-refractivity contribution in [1.82, 2.24) is 10.2 Å². The van der Waals surface area contributed by atoms with E-state index in [9.17, 15) is 8.78 Å². The number of halogens is 2. The number of furan rings is 1. The van der Waals surface area contributed by atoms with Gasteiger partial charge in [-0.15, -0.1) is 0 Å². The summed E-state index contributed by atoms with van der Waals surface area (Å²) in [5, 5.41) is 34.8. The third kappa shape index (κ3) is 10.6. The molecule has 12 nitrogen and oxygen atoms in total. The van der Waals surface area contributed by atoms with Crippen LogP contribution in [0, 0.1) is 0 Å². The highest BCUT2D eigenvalue weighted by Gasteiger charge is 2.18. The molecule has 2 aromatic carbocycles. The number of nitrogens with one attached hydrogen (secondary N) is 1. The van der Waals surface area contributed by atoms with Gasteiger partial charge in [0.1, 0.15) is 11.5 Å². The van der Waals surface area contributed by atoms with Gasteiger partial charge in [0.15, 0.2) is 0 Å². The summed E-state index contributed by atoms with van der Waals surface area (Å²) in [6.45, 7) is -1.83. The second-order valence-electron chi connectivity index (χ2n) is 7.49. The third-order valence-corrected chi connectivity index (χ3v) is 4.71. The van der Waals surface area contributed by atoms with E-state index in [0.717, 1.165) is 22.1 Å². The molecule has 14 heteroatoms. The zero-order valence-electron chi connectivity index (χ0n) is 20.2. The highest BCUT2D eigenvalue weighted by molar-refractivity contribution is 6.27. The Labute approximate surface area is 214 Å². The number of nitrogens with zero attached hydrogens (tertiary/aromatic N) is 1. The Morgan fingerprint density at radius 1 is 0.895 bits per heavy atom. The van der Waals surface area contributed by atoms with E-state index in [1.807, 2.05) is 55.4 Å². The molecule has 0 aliphatic heterocycles. The van der Waals surface area contributed by atoms with E-state index in [1.165, 1.54) is 0 Å². The molecule has 0 amide bonds. The number of likely N-dealkylation sites (N-methyl/N-ethyl adjacent to an activating group) is 1. The molecule has 5 N–H and O–H groups in total. The molecule has 3 rings (SSSR count). The smallest absolute Gasteiger partial charge is 0.414 e. The molecule has 38 heavy (non-hydrogen) atoms. The van der Waals surface area contributed by atoms with Gasteiger partial charge in [-0.05, 0) is 43.1 Å². The molecule has 3 aromatic rings. The molecule has 1 aromatic heterocycles. The van der Waals surface area contributed by atoms with Crippen LogP contribution in [0.4, 0.5) is 8.78 Å². The SMILES string of the molecule is CN(C)C(CNCc1c(OC(F)F)ccc2ccccc12)c1ccco1.O=C(O)C(=O)O.O=C(O)C(=O)O. The second kappa shape index (κ2) is 15.5. The maximum absolute atomic E-state index is 12.8. The number of benzene rings is 2. The normalized spacial score (nSPS) is 11.1. The zero-order chi connectivity index (χ0) is 28.8. The number of fused-ring (bicyclic) bond motifs is 1. The van der Waals surface area contributed by atoms with Crippen molar-refractivity contribution in [2.75, 3.05) is 20.6 Å². The topological polar surface area (TPSA) is 187 Å². The van der Waals surface area contributed by atoms with Crippen LogP contribution in [0.1, 0.15) is 17.4 Å². The van der Waals surface area contributed by atoms with Crippen molar-refractivity contribution in [3.05, 3.63) is 66.1 Å². The lowest BCUT2D eigenvalue weighted by atomic mass is 10.0. The first-order valence-corrected chi connectivity index (χ1v) is 10.6.